The molecule has 3 rings (SSSR count). The van der Waals surface area contributed by atoms with Crippen molar-refractivity contribution >= 4 is 11.5 Å². The summed E-state index contributed by atoms with van der Waals surface area (Å²) in [5, 5.41) is 14.7. The SMILES string of the molecule is c1ncc2nnnn2c1NCCCC1CC1. The Labute approximate surface area is 93.1 Å². The van der Waals surface area contributed by atoms with Gasteiger partial charge in [0.1, 0.15) is 5.82 Å². The van der Waals surface area contributed by atoms with Crippen molar-refractivity contribution in [1.29, 1.82) is 0 Å². The number of rotatable bonds is 5. The van der Waals surface area contributed by atoms with E-state index in [2.05, 4.69) is 25.8 Å². The van der Waals surface area contributed by atoms with E-state index in [1.54, 1.807) is 16.9 Å². The summed E-state index contributed by atoms with van der Waals surface area (Å²) in [4.78, 5) is 4.09. The zero-order chi connectivity index (χ0) is 10.8. The summed E-state index contributed by atoms with van der Waals surface area (Å²) in [5.41, 5.74) is 0.673. The molecular weight excluding hydrogens is 204 g/mol. The molecule has 0 bridgehead atoms. The summed E-state index contributed by atoms with van der Waals surface area (Å²) in [6, 6.07) is 0. The van der Waals surface area contributed by atoms with Crippen LogP contribution >= 0.6 is 0 Å². The van der Waals surface area contributed by atoms with Crippen molar-refractivity contribution in [3.05, 3.63) is 12.4 Å². The first-order valence-corrected chi connectivity index (χ1v) is 5.69. The van der Waals surface area contributed by atoms with Crippen molar-refractivity contribution in [3.8, 4) is 0 Å². The minimum Gasteiger partial charge on any atom is -0.369 e. The lowest BCUT2D eigenvalue weighted by molar-refractivity contribution is 0.684. The van der Waals surface area contributed by atoms with Crippen LogP contribution in [0.1, 0.15) is 25.7 Å². The molecule has 1 aliphatic rings. The summed E-state index contributed by atoms with van der Waals surface area (Å²) >= 11 is 0. The van der Waals surface area contributed by atoms with Crippen molar-refractivity contribution < 1.29 is 0 Å². The van der Waals surface area contributed by atoms with Crippen LogP contribution in [0.3, 0.4) is 0 Å². The van der Waals surface area contributed by atoms with E-state index >= 15 is 0 Å². The number of fused-ring (bicyclic) bond motifs is 1. The third kappa shape index (κ3) is 1.95. The molecule has 1 N–H and O–H groups in total. The molecule has 6 heteroatoms. The third-order valence-electron chi connectivity index (χ3n) is 2.90. The number of nitrogens with zero attached hydrogens (tertiary/aromatic N) is 5. The maximum Gasteiger partial charge on any atom is 0.199 e. The highest BCUT2D eigenvalue weighted by Crippen LogP contribution is 2.33. The Morgan fingerprint density at radius 1 is 1.38 bits per heavy atom. The van der Waals surface area contributed by atoms with Crippen LogP contribution in [0.25, 0.3) is 5.65 Å². The highest BCUT2D eigenvalue weighted by atomic mass is 15.5. The van der Waals surface area contributed by atoms with Crippen molar-refractivity contribution in [2.24, 2.45) is 5.92 Å². The van der Waals surface area contributed by atoms with E-state index in [1.807, 2.05) is 0 Å². The number of anilines is 1. The van der Waals surface area contributed by atoms with Gasteiger partial charge in [-0.15, -0.1) is 5.10 Å². The van der Waals surface area contributed by atoms with Crippen LogP contribution in [0.15, 0.2) is 12.4 Å². The lowest BCUT2D eigenvalue weighted by Crippen LogP contribution is -2.07. The Morgan fingerprint density at radius 2 is 2.31 bits per heavy atom. The van der Waals surface area contributed by atoms with E-state index in [0.29, 0.717) is 5.65 Å². The molecule has 0 unspecified atom stereocenters. The molecule has 2 aromatic rings. The Morgan fingerprint density at radius 3 is 3.19 bits per heavy atom. The fourth-order valence-corrected chi connectivity index (χ4v) is 1.81. The van der Waals surface area contributed by atoms with Gasteiger partial charge in [0.05, 0.1) is 12.4 Å². The van der Waals surface area contributed by atoms with Crippen LogP contribution in [0.4, 0.5) is 5.82 Å². The second kappa shape index (κ2) is 4.03. The van der Waals surface area contributed by atoms with Crippen LogP contribution in [0, 0.1) is 5.92 Å². The molecule has 1 saturated carbocycles. The Bertz CT molecular complexity index is 475. The van der Waals surface area contributed by atoms with Crippen molar-refractivity contribution in [1.82, 2.24) is 25.0 Å². The normalized spacial score (nSPS) is 15.5. The van der Waals surface area contributed by atoms with Gasteiger partial charge in [-0.1, -0.05) is 12.8 Å². The fraction of sp³-hybridized carbons (Fsp3) is 0.600. The topological polar surface area (TPSA) is 68.0 Å². The quantitative estimate of drug-likeness (QED) is 0.762. The molecular formula is C10H14N6. The first kappa shape index (κ1) is 9.50. The van der Waals surface area contributed by atoms with Crippen molar-refractivity contribution in [2.45, 2.75) is 25.7 Å². The first-order chi connectivity index (χ1) is 7.93. The average Bonchev–Trinajstić information content (AvgIpc) is 3.00. The monoisotopic (exact) mass is 218 g/mol. The van der Waals surface area contributed by atoms with Gasteiger partial charge >= 0.3 is 0 Å². The minimum absolute atomic E-state index is 0.673. The summed E-state index contributed by atoms with van der Waals surface area (Å²) in [7, 11) is 0. The molecule has 2 aromatic heterocycles. The molecule has 6 nitrogen and oxygen atoms in total. The van der Waals surface area contributed by atoms with E-state index in [9.17, 15) is 0 Å². The first-order valence-electron chi connectivity index (χ1n) is 5.69. The fourth-order valence-electron chi connectivity index (χ4n) is 1.81. The smallest absolute Gasteiger partial charge is 0.199 e. The molecule has 0 atom stereocenters. The van der Waals surface area contributed by atoms with Gasteiger partial charge in [0.15, 0.2) is 5.65 Å². The molecule has 2 heterocycles. The molecule has 0 aromatic carbocycles. The van der Waals surface area contributed by atoms with Gasteiger partial charge in [-0.3, -0.25) is 4.98 Å². The van der Waals surface area contributed by atoms with Gasteiger partial charge in [0.25, 0.3) is 0 Å². The molecule has 1 aliphatic carbocycles. The molecule has 0 aliphatic heterocycles. The standard InChI is InChI=1S/C10H14N6/c1(2-8-3-4-8)5-12-9-6-11-7-10-13-14-15-16(9)10/h6-8,12H,1-5H2. The molecule has 0 radical (unpaired) electrons. The number of hydrogen-bond acceptors (Lipinski definition) is 5. The van der Waals surface area contributed by atoms with Gasteiger partial charge < -0.3 is 5.32 Å². The van der Waals surface area contributed by atoms with E-state index in [0.717, 1.165) is 18.3 Å². The predicted molar refractivity (Wildman–Crippen MR) is 59.0 cm³/mol. The van der Waals surface area contributed by atoms with Gasteiger partial charge in [0.2, 0.25) is 0 Å². The molecule has 0 spiro atoms. The summed E-state index contributed by atoms with van der Waals surface area (Å²) in [5.74, 6) is 1.85. The molecule has 0 amide bonds. The van der Waals surface area contributed by atoms with Gasteiger partial charge in [-0.05, 0) is 29.2 Å². The average molecular weight is 218 g/mol. The molecule has 0 saturated heterocycles. The lowest BCUT2D eigenvalue weighted by atomic mass is 10.2. The van der Waals surface area contributed by atoms with Gasteiger partial charge in [-0.25, -0.2) is 0 Å². The summed E-state index contributed by atoms with van der Waals surface area (Å²) < 4.78 is 1.67. The highest BCUT2D eigenvalue weighted by molar-refractivity contribution is 5.43. The maximum atomic E-state index is 4.09. The van der Waals surface area contributed by atoms with E-state index in [1.165, 1.54) is 25.7 Å². The van der Waals surface area contributed by atoms with Crippen LogP contribution in [0.2, 0.25) is 0 Å². The Balaban J connectivity index is 1.61. The van der Waals surface area contributed by atoms with Crippen LogP contribution in [-0.2, 0) is 0 Å². The van der Waals surface area contributed by atoms with Crippen LogP contribution in [0.5, 0.6) is 0 Å². The zero-order valence-corrected chi connectivity index (χ0v) is 9.00. The molecule has 16 heavy (non-hydrogen) atoms. The van der Waals surface area contributed by atoms with Crippen molar-refractivity contribution in [3.63, 3.8) is 0 Å². The predicted octanol–water partition coefficient (Wildman–Crippen LogP) is 1.12. The van der Waals surface area contributed by atoms with Gasteiger partial charge in [0, 0.05) is 6.54 Å². The van der Waals surface area contributed by atoms with E-state index in [-0.39, 0.29) is 0 Å². The number of tetrazole rings is 1. The number of nitrogens with one attached hydrogen (secondary N) is 1. The highest BCUT2D eigenvalue weighted by Gasteiger charge is 2.19. The second-order valence-electron chi connectivity index (χ2n) is 4.25. The van der Waals surface area contributed by atoms with E-state index in [4.69, 9.17) is 0 Å². The summed E-state index contributed by atoms with van der Waals surface area (Å²) in [6.07, 6.45) is 8.76. The largest absolute Gasteiger partial charge is 0.369 e. The zero-order valence-electron chi connectivity index (χ0n) is 9.00. The lowest BCUT2D eigenvalue weighted by Gasteiger charge is -2.05. The Kier molecular flexibility index (Phi) is 2.40. The maximum absolute atomic E-state index is 4.09. The van der Waals surface area contributed by atoms with E-state index < -0.39 is 0 Å². The minimum atomic E-state index is 0.673. The van der Waals surface area contributed by atoms with Crippen LogP contribution in [-0.4, -0.2) is 31.6 Å². The number of hydrogen-bond donors (Lipinski definition) is 1. The summed E-state index contributed by atoms with van der Waals surface area (Å²) in [6.45, 7) is 0.956. The van der Waals surface area contributed by atoms with Crippen LogP contribution < -0.4 is 5.32 Å². The molecule has 84 valence electrons. The number of aromatic nitrogens is 5. The van der Waals surface area contributed by atoms with Gasteiger partial charge in [-0.2, -0.15) is 4.52 Å². The van der Waals surface area contributed by atoms with Crippen molar-refractivity contribution in [2.75, 3.05) is 11.9 Å². The third-order valence-corrected chi connectivity index (χ3v) is 2.90. The second-order valence-corrected chi connectivity index (χ2v) is 4.25. The Hall–Kier alpha value is -1.72. The molecule has 1 fully saturated rings.